The number of carbonyl (C=O) groups is 3. The van der Waals surface area contributed by atoms with Crippen molar-refractivity contribution in [2.75, 3.05) is 51.8 Å². The molecule has 0 spiro atoms. The van der Waals surface area contributed by atoms with E-state index in [1.54, 1.807) is 55.0 Å². The summed E-state index contributed by atoms with van der Waals surface area (Å²) >= 11 is 0. The topological polar surface area (TPSA) is 88.2 Å². The zero-order valence-corrected chi connectivity index (χ0v) is 16.1. The van der Waals surface area contributed by atoms with Crippen LogP contribution in [0.2, 0.25) is 0 Å². The van der Waals surface area contributed by atoms with Gasteiger partial charge in [-0.3, -0.25) is 14.5 Å². The minimum absolute atomic E-state index is 0.0124. The molecule has 0 atom stereocenters. The molecule has 0 saturated carbocycles. The summed E-state index contributed by atoms with van der Waals surface area (Å²) < 4.78 is 10.3. The second-order valence-electron chi connectivity index (χ2n) is 6.75. The summed E-state index contributed by atoms with van der Waals surface area (Å²) in [6, 6.07) is 6.50. The van der Waals surface area contributed by atoms with Gasteiger partial charge in [0.05, 0.1) is 38.0 Å². The largest absolute Gasteiger partial charge is 0.459 e. The quantitative estimate of drug-likeness (QED) is 0.713. The van der Waals surface area contributed by atoms with Crippen LogP contribution >= 0.6 is 0 Å². The van der Waals surface area contributed by atoms with Crippen molar-refractivity contribution in [1.29, 1.82) is 0 Å². The maximum Gasteiger partial charge on any atom is 0.338 e. The SMILES string of the molecule is CC(C)OC(=O)c1ccc(NC(=O)CN(C)CC(=O)N2CCOCC2)cc1. The summed E-state index contributed by atoms with van der Waals surface area (Å²) in [5.41, 5.74) is 1.00. The van der Waals surface area contributed by atoms with Crippen molar-refractivity contribution < 1.29 is 23.9 Å². The Labute approximate surface area is 159 Å². The second-order valence-corrected chi connectivity index (χ2v) is 6.75. The number of carbonyl (C=O) groups excluding carboxylic acids is 3. The zero-order valence-electron chi connectivity index (χ0n) is 16.1. The number of ether oxygens (including phenoxy) is 2. The van der Waals surface area contributed by atoms with Crippen molar-refractivity contribution in [3.8, 4) is 0 Å². The number of benzene rings is 1. The Morgan fingerprint density at radius 2 is 1.78 bits per heavy atom. The van der Waals surface area contributed by atoms with Gasteiger partial charge in [-0.1, -0.05) is 0 Å². The molecule has 1 N–H and O–H groups in total. The van der Waals surface area contributed by atoms with E-state index in [-0.39, 0.29) is 31.0 Å². The molecule has 8 heteroatoms. The lowest BCUT2D eigenvalue weighted by Gasteiger charge is -2.28. The number of hydrogen-bond acceptors (Lipinski definition) is 6. The average molecular weight is 377 g/mol. The number of esters is 1. The predicted molar refractivity (Wildman–Crippen MR) is 101 cm³/mol. The highest BCUT2D eigenvalue weighted by molar-refractivity contribution is 5.94. The molecule has 0 bridgehead atoms. The molecule has 148 valence electrons. The molecule has 27 heavy (non-hydrogen) atoms. The van der Waals surface area contributed by atoms with Gasteiger partial charge < -0.3 is 19.7 Å². The highest BCUT2D eigenvalue weighted by Gasteiger charge is 2.19. The summed E-state index contributed by atoms with van der Waals surface area (Å²) in [4.78, 5) is 39.6. The Kier molecular flexibility index (Phi) is 7.75. The van der Waals surface area contributed by atoms with E-state index in [9.17, 15) is 14.4 Å². The lowest BCUT2D eigenvalue weighted by atomic mass is 10.2. The molecule has 2 rings (SSSR count). The highest BCUT2D eigenvalue weighted by atomic mass is 16.5. The van der Waals surface area contributed by atoms with Crippen LogP contribution in [0.1, 0.15) is 24.2 Å². The first-order chi connectivity index (χ1) is 12.8. The predicted octanol–water partition coefficient (Wildman–Crippen LogP) is 0.981. The Morgan fingerprint density at radius 3 is 2.37 bits per heavy atom. The van der Waals surface area contributed by atoms with Gasteiger partial charge >= 0.3 is 5.97 Å². The van der Waals surface area contributed by atoms with Gasteiger partial charge in [0, 0.05) is 18.8 Å². The fourth-order valence-corrected chi connectivity index (χ4v) is 2.62. The van der Waals surface area contributed by atoms with Crippen LogP contribution in [-0.4, -0.2) is 80.1 Å². The number of anilines is 1. The Hall–Kier alpha value is -2.45. The molecule has 8 nitrogen and oxygen atoms in total. The molecule has 0 aliphatic carbocycles. The number of amides is 2. The Morgan fingerprint density at radius 1 is 1.15 bits per heavy atom. The minimum Gasteiger partial charge on any atom is -0.459 e. The number of rotatable bonds is 7. The molecule has 2 amide bonds. The molecule has 0 radical (unpaired) electrons. The smallest absolute Gasteiger partial charge is 0.338 e. The van der Waals surface area contributed by atoms with Crippen molar-refractivity contribution >= 4 is 23.5 Å². The standard InChI is InChI=1S/C19H27N3O5/c1-14(2)27-19(25)15-4-6-16(7-5-15)20-17(23)12-21(3)13-18(24)22-8-10-26-11-9-22/h4-7,14H,8-13H2,1-3H3,(H,20,23). The number of nitrogens with one attached hydrogen (secondary N) is 1. The van der Waals surface area contributed by atoms with Gasteiger partial charge in [-0.25, -0.2) is 4.79 Å². The van der Waals surface area contributed by atoms with Gasteiger partial charge in [0.2, 0.25) is 11.8 Å². The number of morpholine rings is 1. The molecule has 1 aliphatic heterocycles. The van der Waals surface area contributed by atoms with Crippen LogP contribution in [0, 0.1) is 0 Å². The van der Waals surface area contributed by atoms with Gasteiger partial charge in [0.1, 0.15) is 0 Å². The van der Waals surface area contributed by atoms with Crippen molar-refractivity contribution in [2.24, 2.45) is 0 Å². The van der Waals surface area contributed by atoms with Crippen LogP contribution in [0.5, 0.6) is 0 Å². The summed E-state index contributed by atoms with van der Waals surface area (Å²) in [6.07, 6.45) is -0.187. The first kappa shape index (κ1) is 20.9. The molecule has 0 unspecified atom stereocenters. The van der Waals surface area contributed by atoms with Crippen LogP contribution in [0.3, 0.4) is 0 Å². The number of nitrogens with zero attached hydrogens (tertiary/aromatic N) is 2. The van der Waals surface area contributed by atoms with E-state index in [1.807, 2.05) is 0 Å². The van der Waals surface area contributed by atoms with Gasteiger partial charge in [-0.15, -0.1) is 0 Å². The van der Waals surface area contributed by atoms with Crippen LogP contribution in [0.4, 0.5) is 5.69 Å². The summed E-state index contributed by atoms with van der Waals surface area (Å²) in [5.74, 6) is -0.643. The van der Waals surface area contributed by atoms with Gasteiger partial charge in [0.15, 0.2) is 0 Å². The lowest BCUT2D eigenvalue weighted by Crippen LogP contribution is -2.46. The average Bonchev–Trinajstić information content (AvgIpc) is 2.62. The van der Waals surface area contributed by atoms with E-state index >= 15 is 0 Å². The first-order valence-corrected chi connectivity index (χ1v) is 9.00. The van der Waals surface area contributed by atoms with E-state index in [0.29, 0.717) is 37.6 Å². The van der Waals surface area contributed by atoms with E-state index in [0.717, 1.165) is 0 Å². The van der Waals surface area contributed by atoms with Gasteiger partial charge in [-0.05, 0) is 45.2 Å². The Balaban J connectivity index is 1.78. The highest BCUT2D eigenvalue weighted by Crippen LogP contribution is 2.11. The van der Waals surface area contributed by atoms with E-state index < -0.39 is 5.97 Å². The summed E-state index contributed by atoms with van der Waals surface area (Å²) in [7, 11) is 1.73. The number of likely N-dealkylation sites (N-methyl/N-ethyl adjacent to an activating group) is 1. The van der Waals surface area contributed by atoms with E-state index in [1.165, 1.54) is 0 Å². The molecule has 1 aromatic carbocycles. The minimum atomic E-state index is -0.399. The number of hydrogen-bond donors (Lipinski definition) is 1. The molecular weight excluding hydrogens is 350 g/mol. The fourth-order valence-electron chi connectivity index (χ4n) is 2.62. The molecule has 1 aromatic rings. The van der Waals surface area contributed by atoms with Crippen molar-refractivity contribution in [3.05, 3.63) is 29.8 Å². The lowest BCUT2D eigenvalue weighted by molar-refractivity contribution is -0.136. The molecule has 1 saturated heterocycles. The third-order valence-corrected chi connectivity index (χ3v) is 3.93. The van der Waals surface area contributed by atoms with Crippen LogP contribution in [-0.2, 0) is 19.1 Å². The van der Waals surface area contributed by atoms with Crippen molar-refractivity contribution in [1.82, 2.24) is 9.80 Å². The van der Waals surface area contributed by atoms with Gasteiger partial charge in [0.25, 0.3) is 0 Å². The third-order valence-electron chi connectivity index (χ3n) is 3.93. The van der Waals surface area contributed by atoms with Crippen LogP contribution in [0.25, 0.3) is 0 Å². The Bertz CT molecular complexity index is 654. The monoisotopic (exact) mass is 377 g/mol. The molecule has 1 fully saturated rings. The summed E-state index contributed by atoms with van der Waals surface area (Å²) in [6.45, 7) is 6.11. The van der Waals surface area contributed by atoms with Crippen LogP contribution in [0.15, 0.2) is 24.3 Å². The van der Waals surface area contributed by atoms with Crippen molar-refractivity contribution in [3.63, 3.8) is 0 Å². The third kappa shape index (κ3) is 6.99. The summed E-state index contributed by atoms with van der Waals surface area (Å²) in [5, 5.41) is 2.75. The second kappa shape index (κ2) is 10.0. The van der Waals surface area contributed by atoms with E-state index in [2.05, 4.69) is 5.32 Å². The maximum absolute atomic E-state index is 12.2. The first-order valence-electron chi connectivity index (χ1n) is 9.00. The normalized spacial score (nSPS) is 14.3. The van der Waals surface area contributed by atoms with Gasteiger partial charge in [-0.2, -0.15) is 0 Å². The van der Waals surface area contributed by atoms with Crippen molar-refractivity contribution in [2.45, 2.75) is 20.0 Å². The molecule has 1 aliphatic rings. The molecular formula is C19H27N3O5. The fraction of sp³-hybridized carbons (Fsp3) is 0.526. The molecule has 0 aromatic heterocycles. The molecule has 1 heterocycles. The maximum atomic E-state index is 12.2. The van der Waals surface area contributed by atoms with E-state index in [4.69, 9.17) is 9.47 Å². The zero-order chi connectivity index (χ0) is 19.8. The van der Waals surface area contributed by atoms with Crippen LogP contribution < -0.4 is 5.32 Å².